The molecule has 2 aromatic carbocycles. The van der Waals surface area contributed by atoms with Gasteiger partial charge in [-0.15, -0.1) is 0 Å². The van der Waals surface area contributed by atoms with Crippen LogP contribution < -0.4 is 14.8 Å². The maximum absolute atomic E-state index is 13.1. The van der Waals surface area contributed by atoms with E-state index in [1.54, 1.807) is 22.5 Å². The highest BCUT2D eigenvalue weighted by molar-refractivity contribution is 7.89. The van der Waals surface area contributed by atoms with E-state index in [-0.39, 0.29) is 24.0 Å². The van der Waals surface area contributed by atoms with Crippen LogP contribution in [0.25, 0.3) is 0 Å². The number of rotatable bonds is 7. The van der Waals surface area contributed by atoms with Crippen molar-refractivity contribution in [1.82, 2.24) is 9.62 Å². The molecular formula is C23H28N2O5S. The van der Waals surface area contributed by atoms with Crippen molar-refractivity contribution < 1.29 is 22.7 Å². The van der Waals surface area contributed by atoms with E-state index in [2.05, 4.69) is 19.2 Å². The number of sulfonamides is 1. The Morgan fingerprint density at radius 2 is 1.81 bits per heavy atom. The third-order valence-electron chi connectivity index (χ3n) is 5.68. The topological polar surface area (TPSA) is 84.9 Å². The molecule has 166 valence electrons. The summed E-state index contributed by atoms with van der Waals surface area (Å²) in [6, 6.07) is 12.0. The number of benzene rings is 2. The van der Waals surface area contributed by atoms with Crippen molar-refractivity contribution in [2.45, 2.75) is 31.7 Å². The zero-order valence-electron chi connectivity index (χ0n) is 17.8. The number of nitrogens with one attached hydrogen (secondary N) is 1. The van der Waals surface area contributed by atoms with Crippen LogP contribution in [0, 0.1) is 11.8 Å². The predicted molar refractivity (Wildman–Crippen MR) is 117 cm³/mol. The number of ketones is 1. The molecule has 2 aliphatic rings. The van der Waals surface area contributed by atoms with Gasteiger partial charge in [0.25, 0.3) is 0 Å². The Bertz CT molecular complexity index is 1060. The van der Waals surface area contributed by atoms with Gasteiger partial charge in [0, 0.05) is 25.2 Å². The Kier molecular flexibility index (Phi) is 6.31. The first-order valence-corrected chi connectivity index (χ1v) is 12.0. The Morgan fingerprint density at radius 1 is 1.06 bits per heavy atom. The molecule has 1 saturated heterocycles. The average Bonchev–Trinajstić information content (AvgIpc) is 3.21. The molecule has 0 bridgehead atoms. The summed E-state index contributed by atoms with van der Waals surface area (Å²) in [4.78, 5) is 12.8. The number of fused-ring (bicyclic) bond motifs is 1. The van der Waals surface area contributed by atoms with E-state index in [0.717, 1.165) is 17.7 Å². The van der Waals surface area contributed by atoms with E-state index >= 15 is 0 Å². The van der Waals surface area contributed by atoms with Gasteiger partial charge in [-0.2, -0.15) is 4.31 Å². The van der Waals surface area contributed by atoms with E-state index < -0.39 is 10.0 Å². The van der Waals surface area contributed by atoms with Crippen molar-refractivity contribution in [3.8, 4) is 11.5 Å². The Hall–Kier alpha value is -2.42. The zero-order chi connectivity index (χ0) is 22.0. The third kappa shape index (κ3) is 4.92. The first-order valence-electron chi connectivity index (χ1n) is 10.6. The summed E-state index contributed by atoms with van der Waals surface area (Å²) >= 11 is 0. The van der Waals surface area contributed by atoms with Crippen molar-refractivity contribution in [2.24, 2.45) is 11.8 Å². The fraction of sp³-hybridized carbons (Fsp3) is 0.435. The van der Waals surface area contributed by atoms with E-state index in [1.165, 1.54) is 6.07 Å². The Morgan fingerprint density at radius 3 is 2.58 bits per heavy atom. The second-order valence-electron chi connectivity index (χ2n) is 8.51. The first kappa shape index (κ1) is 21.8. The van der Waals surface area contributed by atoms with Gasteiger partial charge in [0.2, 0.25) is 16.8 Å². The number of hydrogen-bond donors (Lipinski definition) is 1. The van der Waals surface area contributed by atoms with E-state index in [9.17, 15) is 13.2 Å². The van der Waals surface area contributed by atoms with Crippen molar-refractivity contribution in [3.63, 3.8) is 0 Å². The second kappa shape index (κ2) is 8.98. The van der Waals surface area contributed by atoms with Gasteiger partial charge in [-0.1, -0.05) is 32.0 Å². The summed E-state index contributed by atoms with van der Waals surface area (Å²) in [5, 5.41) is 3.12. The van der Waals surface area contributed by atoms with Crippen LogP contribution in [-0.2, 0) is 16.6 Å². The van der Waals surface area contributed by atoms with Crippen LogP contribution in [0.15, 0.2) is 47.4 Å². The summed E-state index contributed by atoms with van der Waals surface area (Å²) in [5.41, 5.74) is 1.36. The zero-order valence-corrected chi connectivity index (χ0v) is 18.7. The molecule has 0 radical (unpaired) electrons. The lowest BCUT2D eigenvalue weighted by atomic mass is 9.94. The van der Waals surface area contributed by atoms with Gasteiger partial charge in [0.15, 0.2) is 17.3 Å². The molecule has 2 unspecified atom stereocenters. The molecule has 1 fully saturated rings. The minimum absolute atomic E-state index is 0.107. The summed E-state index contributed by atoms with van der Waals surface area (Å²) in [5.74, 6) is 1.91. The van der Waals surface area contributed by atoms with Crippen molar-refractivity contribution in [2.75, 3.05) is 26.4 Å². The second-order valence-corrected chi connectivity index (χ2v) is 10.4. The SMILES string of the molecule is CC1CC(C)CN(S(=O)(=O)c2cccc(C(=O)CNCc3ccc4c(c3)OCO4)c2)C1. The molecule has 0 aliphatic carbocycles. The lowest BCUT2D eigenvalue weighted by Crippen LogP contribution is -2.42. The molecule has 8 heteroatoms. The fourth-order valence-electron chi connectivity index (χ4n) is 4.25. The van der Waals surface area contributed by atoms with Crippen LogP contribution >= 0.6 is 0 Å². The van der Waals surface area contributed by atoms with Gasteiger partial charge in [-0.25, -0.2) is 8.42 Å². The minimum Gasteiger partial charge on any atom is -0.454 e. The number of nitrogens with zero attached hydrogens (tertiary/aromatic N) is 1. The number of carbonyl (C=O) groups excluding carboxylic acids is 1. The van der Waals surface area contributed by atoms with Crippen LogP contribution in [0.4, 0.5) is 0 Å². The number of piperidine rings is 1. The van der Waals surface area contributed by atoms with Crippen LogP contribution in [0.3, 0.4) is 0 Å². The number of Topliss-reactive ketones (excluding diaryl/α,β-unsaturated/α-hetero) is 1. The molecule has 1 N–H and O–H groups in total. The first-order chi connectivity index (χ1) is 14.8. The molecule has 0 spiro atoms. The van der Waals surface area contributed by atoms with Gasteiger partial charge >= 0.3 is 0 Å². The molecule has 0 amide bonds. The third-order valence-corrected chi connectivity index (χ3v) is 7.51. The molecule has 7 nitrogen and oxygen atoms in total. The molecule has 31 heavy (non-hydrogen) atoms. The maximum atomic E-state index is 13.1. The van der Waals surface area contributed by atoms with Gasteiger partial charge in [0.1, 0.15) is 0 Å². The van der Waals surface area contributed by atoms with E-state index in [1.807, 2.05) is 18.2 Å². The van der Waals surface area contributed by atoms with E-state index in [0.29, 0.717) is 42.8 Å². The molecule has 2 atom stereocenters. The monoisotopic (exact) mass is 444 g/mol. The lowest BCUT2D eigenvalue weighted by molar-refractivity contribution is 0.0990. The normalized spacial score (nSPS) is 21.2. The summed E-state index contributed by atoms with van der Waals surface area (Å²) in [6.45, 7) is 6.00. The predicted octanol–water partition coefficient (Wildman–Crippen LogP) is 3.05. The molecule has 0 saturated carbocycles. The van der Waals surface area contributed by atoms with Crippen molar-refractivity contribution >= 4 is 15.8 Å². The summed E-state index contributed by atoms with van der Waals surface area (Å²) in [6.07, 6.45) is 1.03. The molecule has 0 aromatic heterocycles. The van der Waals surface area contributed by atoms with Gasteiger partial charge in [-0.05, 0) is 48.1 Å². The lowest BCUT2D eigenvalue weighted by Gasteiger charge is -2.34. The van der Waals surface area contributed by atoms with Crippen LogP contribution in [-0.4, -0.2) is 44.9 Å². The quantitative estimate of drug-likeness (QED) is 0.661. The average molecular weight is 445 g/mol. The maximum Gasteiger partial charge on any atom is 0.243 e. The van der Waals surface area contributed by atoms with Crippen LogP contribution in [0.1, 0.15) is 36.2 Å². The standard InChI is InChI=1S/C23H28N2O5S/c1-16-8-17(2)14-25(13-16)31(27,28)20-5-3-4-19(10-20)21(26)12-24-11-18-6-7-22-23(9-18)30-15-29-22/h3-7,9-10,16-17,24H,8,11-15H2,1-2H3. The van der Waals surface area contributed by atoms with Gasteiger partial charge < -0.3 is 14.8 Å². The Labute approximate surface area is 183 Å². The number of carbonyl (C=O) groups is 1. The molecule has 2 aromatic rings. The van der Waals surface area contributed by atoms with Crippen LogP contribution in [0.2, 0.25) is 0 Å². The van der Waals surface area contributed by atoms with Gasteiger partial charge in [-0.3, -0.25) is 4.79 Å². The van der Waals surface area contributed by atoms with Gasteiger partial charge in [0.05, 0.1) is 11.4 Å². The summed E-state index contributed by atoms with van der Waals surface area (Å²) < 4.78 is 38.5. The number of hydrogen-bond acceptors (Lipinski definition) is 6. The van der Waals surface area contributed by atoms with E-state index in [4.69, 9.17) is 9.47 Å². The highest BCUT2D eigenvalue weighted by atomic mass is 32.2. The highest BCUT2D eigenvalue weighted by Gasteiger charge is 2.31. The molecule has 4 rings (SSSR count). The molecule has 2 aliphatic heterocycles. The molecule has 2 heterocycles. The Balaban J connectivity index is 1.40. The summed E-state index contributed by atoms with van der Waals surface area (Å²) in [7, 11) is -3.62. The fourth-order valence-corrected chi connectivity index (χ4v) is 5.98. The minimum atomic E-state index is -3.62. The largest absolute Gasteiger partial charge is 0.454 e. The smallest absolute Gasteiger partial charge is 0.243 e. The van der Waals surface area contributed by atoms with Crippen molar-refractivity contribution in [1.29, 1.82) is 0 Å². The highest BCUT2D eigenvalue weighted by Crippen LogP contribution is 2.32. The number of ether oxygens (including phenoxy) is 2. The molecular weight excluding hydrogens is 416 g/mol. The van der Waals surface area contributed by atoms with Crippen molar-refractivity contribution in [3.05, 3.63) is 53.6 Å². The van der Waals surface area contributed by atoms with Crippen LogP contribution in [0.5, 0.6) is 11.5 Å².